The molecule has 1 saturated carbocycles. The molecule has 3 heteroatoms. The Morgan fingerprint density at radius 2 is 1.81 bits per heavy atom. The van der Waals surface area contributed by atoms with Crippen LogP contribution >= 0.6 is 0 Å². The molecule has 21 heavy (non-hydrogen) atoms. The summed E-state index contributed by atoms with van der Waals surface area (Å²) in [7, 11) is 0. The molecule has 1 aromatic heterocycles. The van der Waals surface area contributed by atoms with Crippen LogP contribution in [-0.4, -0.2) is 20.3 Å². The summed E-state index contributed by atoms with van der Waals surface area (Å²) in [6.45, 7) is 7.64. The Bertz CT molecular complexity index is 632. The van der Waals surface area contributed by atoms with Crippen LogP contribution in [0.4, 0.5) is 0 Å². The van der Waals surface area contributed by atoms with Crippen molar-refractivity contribution in [3.63, 3.8) is 0 Å². The average molecular weight is 286 g/mol. The third kappa shape index (κ3) is 2.84. The number of fused-ring (bicyclic) bond motifs is 1. The molecule has 1 aromatic carbocycles. The minimum Gasteiger partial charge on any atom is -0.389 e. The van der Waals surface area contributed by atoms with Crippen molar-refractivity contribution in [1.82, 2.24) is 9.55 Å². The fourth-order valence-electron chi connectivity index (χ4n) is 3.48. The fourth-order valence-corrected chi connectivity index (χ4v) is 3.48. The number of aryl methyl sites for hydroxylation is 1. The molecule has 3 rings (SSSR count). The summed E-state index contributed by atoms with van der Waals surface area (Å²) in [4.78, 5) is 4.76. The van der Waals surface area contributed by atoms with Crippen molar-refractivity contribution < 1.29 is 5.11 Å². The highest BCUT2D eigenvalue weighted by Gasteiger charge is 2.37. The van der Waals surface area contributed by atoms with Crippen molar-refractivity contribution in [3.8, 4) is 0 Å². The van der Waals surface area contributed by atoms with Crippen molar-refractivity contribution in [2.24, 2.45) is 5.41 Å². The SMILES string of the molecule is CCn1c(CC2(O)CCC(C)(C)CC2)nc2ccccc21. The third-order valence-electron chi connectivity index (χ3n) is 5.07. The molecule has 0 aliphatic heterocycles. The van der Waals surface area contributed by atoms with Crippen molar-refractivity contribution in [2.75, 3.05) is 0 Å². The maximum Gasteiger partial charge on any atom is 0.112 e. The van der Waals surface area contributed by atoms with E-state index in [4.69, 9.17) is 4.98 Å². The van der Waals surface area contributed by atoms with Gasteiger partial charge in [0.25, 0.3) is 0 Å². The second-order valence-electron chi connectivity index (χ2n) is 7.33. The van der Waals surface area contributed by atoms with Crippen molar-refractivity contribution >= 4 is 11.0 Å². The topological polar surface area (TPSA) is 38.0 Å². The van der Waals surface area contributed by atoms with Crippen LogP contribution in [0.2, 0.25) is 0 Å². The maximum atomic E-state index is 10.9. The van der Waals surface area contributed by atoms with Gasteiger partial charge in [-0.05, 0) is 50.2 Å². The van der Waals surface area contributed by atoms with Crippen LogP contribution in [0.25, 0.3) is 11.0 Å². The van der Waals surface area contributed by atoms with Gasteiger partial charge in [0.2, 0.25) is 0 Å². The number of nitrogens with zero attached hydrogens (tertiary/aromatic N) is 2. The first-order valence-corrected chi connectivity index (χ1v) is 8.09. The molecule has 0 saturated heterocycles. The van der Waals surface area contributed by atoms with Crippen molar-refractivity contribution in [1.29, 1.82) is 0 Å². The van der Waals surface area contributed by atoms with Crippen LogP contribution in [0.1, 0.15) is 52.3 Å². The van der Waals surface area contributed by atoms with E-state index in [1.165, 1.54) is 5.52 Å². The lowest BCUT2D eigenvalue weighted by Gasteiger charge is -2.40. The zero-order valence-corrected chi connectivity index (χ0v) is 13.4. The standard InChI is InChI=1S/C18H26N2O/c1-4-20-15-8-6-5-7-14(15)19-16(20)13-18(21)11-9-17(2,3)10-12-18/h5-8,21H,4,9-13H2,1-3H3. The highest BCUT2D eigenvalue weighted by atomic mass is 16.3. The smallest absolute Gasteiger partial charge is 0.112 e. The lowest BCUT2D eigenvalue weighted by Crippen LogP contribution is -2.39. The molecule has 1 aliphatic carbocycles. The minimum atomic E-state index is -0.580. The summed E-state index contributed by atoms with van der Waals surface area (Å²) < 4.78 is 2.24. The molecule has 1 fully saturated rings. The molecule has 0 bridgehead atoms. The Labute approximate surface area is 127 Å². The van der Waals surface area contributed by atoms with E-state index in [2.05, 4.69) is 43.5 Å². The number of hydrogen-bond acceptors (Lipinski definition) is 2. The zero-order valence-electron chi connectivity index (χ0n) is 13.4. The van der Waals surface area contributed by atoms with Crippen molar-refractivity contribution in [3.05, 3.63) is 30.1 Å². The second-order valence-corrected chi connectivity index (χ2v) is 7.33. The molecular formula is C18H26N2O. The van der Waals surface area contributed by atoms with Crippen LogP contribution < -0.4 is 0 Å². The maximum absolute atomic E-state index is 10.9. The molecule has 2 aromatic rings. The van der Waals surface area contributed by atoms with Crippen LogP contribution in [0.5, 0.6) is 0 Å². The summed E-state index contributed by atoms with van der Waals surface area (Å²) in [6, 6.07) is 8.25. The second kappa shape index (κ2) is 5.13. The molecule has 3 nitrogen and oxygen atoms in total. The van der Waals surface area contributed by atoms with Gasteiger partial charge in [-0.2, -0.15) is 0 Å². The van der Waals surface area contributed by atoms with Gasteiger partial charge >= 0.3 is 0 Å². The number of benzene rings is 1. The Morgan fingerprint density at radius 3 is 2.48 bits per heavy atom. The summed E-state index contributed by atoms with van der Waals surface area (Å²) in [5.74, 6) is 1.03. The summed E-state index contributed by atoms with van der Waals surface area (Å²) in [6.07, 6.45) is 4.62. The molecule has 1 N–H and O–H groups in total. The lowest BCUT2D eigenvalue weighted by molar-refractivity contribution is -0.0269. The Kier molecular flexibility index (Phi) is 3.56. The molecule has 0 radical (unpaired) electrons. The van der Waals surface area contributed by atoms with Crippen LogP contribution in [0.15, 0.2) is 24.3 Å². The van der Waals surface area contributed by atoms with Gasteiger partial charge in [-0.15, -0.1) is 0 Å². The number of aliphatic hydroxyl groups is 1. The number of rotatable bonds is 3. The average Bonchev–Trinajstić information content (AvgIpc) is 2.79. The molecular weight excluding hydrogens is 260 g/mol. The summed E-state index contributed by atoms with van der Waals surface area (Å²) in [5.41, 5.74) is 2.00. The van der Waals surface area contributed by atoms with Crippen LogP contribution in [-0.2, 0) is 13.0 Å². The Balaban J connectivity index is 1.88. The summed E-state index contributed by atoms with van der Waals surface area (Å²) in [5, 5.41) is 10.9. The van der Waals surface area contributed by atoms with Gasteiger partial charge < -0.3 is 9.67 Å². The van der Waals surface area contributed by atoms with E-state index in [9.17, 15) is 5.11 Å². The molecule has 1 heterocycles. The first kappa shape index (κ1) is 14.6. The first-order chi connectivity index (χ1) is 9.92. The molecule has 0 spiro atoms. The van der Waals surface area contributed by atoms with E-state index in [0.717, 1.165) is 43.6 Å². The monoisotopic (exact) mass is 286 g/mol. The van der Waals surface area contributed by atoms with E-state index in [0.29, 0.717) is 11.8 Å². The van der Waals surface area contributed by atoms with E-state index < -0.39 is 5.60 Å². The number of para-hydroxylation sites is 2. The summed E-state index contributed by atoms with van der Waals surface area (Å²) >= 11 is 0. The Hall–Kier alpha value is -1.35. The highest BCUT2D eigenvalue weighted by molar-refractivity contribution is 5.75. The fraction of sp³-hybridized carbons (Fsp3) is 0.611. The van der Waals surface area contributed by atoms with Crippen LogP contribution in [0, 0.1) is 5.41 Å². The predicted molar refractivity (Wildman–Crippen MR) is 86.3 cm³/mol. The zero-order chi connectivity index (χ0) is 15.1. The normalized spacial score (nSPS) is 20.8. The minimum absolute atomic E-state index is 0.372. The number of aromatic nitrogens is 2. The van der Waals surface area contributed by atoms with Gasteiger partial charge in [-0.25, -0.2) is 4.98 Å². The van der Waals surface area contributed by atoms with Gasteiger partial charge in [-0.3, -0.25) is 0 Å². The van der Waals surface area contributed by atoms with Crippen LogP contribution in [0.3, 0.4) is 0 Å². The molecule has 0 amide bonds. The van der Waals surface area contributed by atoms with E-state index in [-0.39, 0.29) is 0 Å². The lowest BCUT2D eigenvalue weighted by atomic mass is 9.70. The van der Waals surface area contributed by atoms with Crippen molar-refractivity contribution in [2.45, 2.75) is 65.0 Å². The van der Waals surface area contributed by atoms with E-state index in [1.807, 2.05) is 6.07 Å². The van der Waals surface area contributed by atoms with Gasteiger partial charge in [0.05, 0.1) is 16.6 Å². The van der Waals surface area contributed by atoms with Gasteiger partial charge in [-0.1, -0.05) is 26.0 Å². The Morgan fingerprint density at radius 1 is 1.14 bits per heavy atom. The predicted octanol–water partition coefficient (Wildman–Crippen LogP) is 3.93. The van der Waals surface area contributed by atoms with E-state index >= 15 is 0 Å². The molecule has 0 unspecified atom stereocenters. The number of imidazole rings is 1. The quantitative estimate of drug-likeness (QED) is 0.928. The van der Waals surface area contributed by atoms with Gasteiger partial charge in [0.1, 0.15) is 5.82 Å². The molecule has 0 atom stereocenters. The third-order valence-corrected chi connectivity index (χ3v) is 5.07. The van der Waals surface area contributed by atoms with E-state index in [1.54, 1.807) is 0 Å². The number of hydrogen-bond donors (Lipinski definition) is 1. The highest BCUT2D eigenvalue weighted by Crippen LogP contribution is 2.41. The molecule has 1 aliphatic rings. The molecule has 114 valence electrons. The van der Waals surface area contributed by atoms with Gasteiger partial charge in [0, 0.05) is 13.0 Å². The largest absolute Gasteiger partial charge is 0.389 e. The first-order valence-electron chi connectivity index (χ1n) is 8.09. The van der Waals surface area contributed by atoms with Gasteiger partial charge in [0.15, 0.2) is 0 Å².